The highest BCUT2D eigenvalue weighted by Crippen LogP contribution is 2.17. The minimum Gasteiger partial charge on any atom is -0.370 e. The summed E-state index contributed by atoms with van der Waals surface area (Å²) in [7, 11) is 0. The molecule has 1 aromatic carbocycles. The second-order valence-corrected chi connectivity index (χ2v) is 6.29. The molecule has 0 saturated carbocycles. The van der Waals surface area contributed by atoms with Crippen LogP contribution in [0.1, 0.15) is 25.3 Å². The molecule has 0 radical (unpaired) electrons. The molecule has 6 heteroatoms. The molecule has 2 N–H and O–H groups in total. The van der Waals surface area contributed by atoms with Gasteiger partial charge in [0.1, 0.15) is 5.82 Å². The number of hydrogen-bond donors (Lipinski definition) is 1. The van der Waals surface area contributed by atoms with Gasteiger partial charge in [0.2, 0.25) is 0 Å². The maximum Gasteiger partial charge on any atom is 0.191 e. The summed E-state index contributed by atoms with van der Waals surface area (Å²) in [6.45, 7) is 4.88. The van der Waals surface area contributed by atoms with Gasteiger partial charge in [-0.2, -0.15) is 0 Å². The highest BCUT2D eigenvalue weighted by atomic mass is 127. The van der Waals surface area contributed by atoms with Crippen molar-refractivity contribution in [2.45, 2.75) is 26.2 Å². The van der Waals surface area contributed by atoms with Gasteiger partial charge in [-0.15, -0.1) is 24.0 Å². The summed E-state index contributed by atoms with van der Waals surface area (Å²) in [6.07, 6.45) is 3.22. The van der Waals surface area contributed by atoms with E-state index in [2.05, 4.69) is 32.7 Å². The number of halogens is 3. The van der Waals surface area contributed by atoms with E-state index in [1.165, 1.54) is 18.9 Å². The van der Waals surface area contributed by atoms with Crippen LogP contribution in [-0.2, 0) is 6.42 Å². The van der Waals surface area contributed by atoms with E-state index in [1.54, 1.807) is 12.1 Å². The second kappa shape index (κ2) is 8.92. The second-order valence-electron chi connectivity index (χ2n) is 5.43. The third-order valence-electron chi connectivity index (χ3n) is 3.64. The molecule has 2 rings (SSSR count). The highest BCUT2D eigenvalue weighted by Gasteiger charge is 2.17. The van der Waals surface area contributed by atoms with Crippen LogP contribution < -0.4 is 5.73 Å². The first-order valence-corrected chi connectivity index (χ1v) is 7.84. The first-order chi connectivity index (χ1) is 9.56. The van der Waals surface area contributed by atoms with Crippen molar-refractivity contribution < 1.29 is 4.39 Å². The molecule has 0 amide bonds. The number of likely N-dealkylation sites (tertiary alicyclic amines) is 1. The van der Waals surface area contributed by atoms with Gasteiger partial charge in [-0.25, -0.2) is 4.39 Å². The van der Waals surface area contributed by atoms with Gasteiger partial charge in [0.15, 0.2) is 5.96 Å². The summed E-state index contributed by atoms with van der Waals surface area (Å²) >= 11 is 3.19. The summed E-state index contributed by atoms with van der Waals surface area (Å²) in [6, 6.07) is 5.05. The smallest absolute Gasteiger partial charge is 0.191 e. The molecular weight excluding hydrogens is 448 g/mol. The van der Waals surface area contributed by atoms with Gasteiger partial charge >= 0.3 is 0 Å². The van der Waals surface area contributed by atoms with Gasteiger partial charge in [0.25, 0.3) is 0 Å². The lowest BCUT2D eigenvalue weighted by molar-refractivity contribution is 0.270. The van der Waals surface area contributed by atoms with Crippen molar-refractivity contribution in [2.24, 2.45) is 16.6 Å². The summed E-state index contributed by atoms with van der Waals surface area (Å²) in [5.41, 5.74) is 7.09. The van der Waals surface area contributed by atoms with Crippen LogP contribution in [0, 0.1) is 11.7 Å². The van der Waals surface area contributed by atoms with Gasteiger partial charge in [-0.1, -0.05) is 13.0 Å². The zero-order valence-electron chi connectivity index (χ0n) is 12.2. The Morgan fingerprint density at radius 1 is 1.52 bits per heavy atom. The average molecular weight is 470 g/mol. The van der Waals surface area contributed by atoms with E-state index in [-0.39, 0.29) is 29.8 Å². The lowest BCUT2D eigenvalue weighted by Gasteiger charge is -2.31. The SMILES string of the molecule is CC1CCCN(C(N)=NCCc2ccc(F)c(Br)c2)C1.I. The molecule has 118 valence electrons. The standard InChI is InChI=1S/C15H21BrFN3.HI/c1-11-3-2-8-20(10-11)15(18)19-7-6-12-4-5-14(17)13(16)9-12;/h4-5,9,11H,2-3,6-8,10H2,1H3,(H2,18,19);1H. The van der Waals surface area contributed by atoms with Crippen LogP contribution in [0.15, 0.2) is 27.7 Å². The molecule has 1 heterocycles. The van der Waals surface area contributed by atoms with Crippen molar-refractivity contribution in [3.63, 3.8) is 0 Å². The molecule has 1 fully saturated rings. The summed E-state index contributed by atoms with van der Waals surface area (Å²) < 4.78 is 13.6. The Labute approximate surface area is 151 Å². The molecule has 21 heavy (non-hydrogen) atoms. The predicted octanol–water partition coefficient (Wildman–Crippen LogP) is 3.80. The Balaban J connectivity index is 0.00000220. The van der Waals surface area contributed by atoms with Crippen LogP contribution in [0.3, 0.4) is 0 Å². The summed E-state index contributed by atoms with van der Waals surface area (Å²) in [5.74, 6) is 1.09. The average Bonchev–Trinajstić information content (AvgIpc) is 2.42. The van der Waals surface area contributed by atoms with E-state index in [0.29, 0.717) is 22.9 Å². The quantitative estimate of drug-likeness (QED) is 0.415. The topological polar surface area (TPSA) is 41.6 Å². The van der Waals surface area contributed by atoms with Crippen molar-refractivity contribution in [1.29, 1.82) is 0 Å². The van der Waals surface area contributed by atoms with Gasteiger partial charge in [0.05, 0.1) is 4.47 Å². The number of nitrogens with two attached hydrogens (primary N) is 1. The summed E-state index contributed by atoms with van der Waals surface area (Å²) in [4.78, 5) is 6.60. The molecule has 0 aromatic heterocycles. The first-order valence-electron chi connectivity index (χ1n) is 7.05. The number of nitrogens with zero attached hydrogens (tertiary/aromatic N) is 2. The van der Waals surface area contributed by atoms with Crippen LogP contribution in [0.4, 0.5) is 4.39 Å². The third-order valence-corrected chi connectivity index (χ3v) is 4.25. The molecule has 3 nitrogen and oxygen atoms in total. The van der Waals surface area contributed by atoms with Crippen molar-refractivity contribution in [3.05, 3.63) is 34.1 Å². The molecule has 0 spiro atoms. The van der Waals surface area contributed by atoms with Crippen molar-refractivity contribution >= 4 is 45.9 Å². The van der Waals surface area contributed by atoms with Crippen LogP contribution in [0.5, 0.6) is 0 Å². The molecular formula is C15H22BrFIN3. The normalized spacial score (nSPS) is 19.3. The number of aliphatic imine (C=N–C) groups is 1. The van der Waals surface area contributed by atoms with E-state index < -0.39 is 0 Å². The number of benzene rings is 1. The van der Waals surface area contributed by atoms with Crippen LogP contribution in [0.2, 0.25) is 0 Å². The van der Waals surface area contributed by atoms with Gasteiger partial charge in [-0.3, -0.25) is 4.99 Å². The fourth-order valence-electron chi connectivity index (χ4n) is 2.49. The Morgan fingerprint density at radius 2 is 2.29 bits per heavy atom. The van der Waals surface area contributed by atoms with Crippen LogP contribution in [-0.4, -0.2) is 30.5 Å². The summed E-state index contributed by atoms with van der Waals surface area (Å²) in [5, 5.41) is 0. The number of piperidine rings is 1. The third kappa shape index (κ3) is 5.73. The minimum absolute atomic E-state index is 0. The fraction of sp³-hybridized carbons (Fsp3) is 0.533. The molecule has 0 bridgehead atoms. The Kier molecular flexibility index (Phi) is 7.94. The molecule has 0 aliphatic carbocycles. The van der Waals surface area contributed by atoms with Gasteiger partial charge in [0, 0.05) is 19.6 Å². The number of hydrogen-bond acceptors (Lipinski definition) is 1. The molecule has 1 atom stereocenters. The van der Waals surface area contributed by atoms with Crippen molar-refractivity contribution in [2.75, 3.05) is 19.6 Å². The van der Waals surface area contributed by atoms with E-state index in [0.717, 1.165) is 25.1 Å². The first kappa shape index (κ1) is 18.7. The number of guanidine groups is 1. The van der Waals surface area contributed by atoms with Crippen molar-refractivity contribution in [1.82, 2.24) is 4.90 Å². The largest absolute Gasteiger partial charge is 0.370 e. The molecule has 1 aromatic rings. The lowest BCUT2D eigenvalue weighted by atomic mass is 10.0. The van der Waals surface area contributed by atoms with E-state index in [1.807, 2.05) is 0 Å². The molecule has 1 unspecified atom stereocenters. The Hall–Kier alpha value is -0.370. The molecule has 1 aliphatic heterocycles. The number of rotatable bonds is 3. The Morgan fingerprint density at radius 3 is 2.95 bits per heavy atom. The van der Waals surface area contributed by atoms with E-state index in [4.69, 9.17) is 5.73 Å². The fourth-order valence-corrected chi connectivity index (χ4v) is 2.92. The van der Waals surface area contributed by atoms with E-state index in [9.17, 15) is 4.39 Å². The highest BCUT2D eigenvalue weighted by molar-refractivity contribution is 14.0. The minimum atomic E-state index is -0.237. The molecule has 1 saturated heterocycles. The van der Waals surface area contributed by atoms with E-state index >= 15 is 0 Å². The Bertz CT molecular complexity index is 496. The maximum atomic E-state index is 13.1. The zero-order chi connectivity index (χ0) is 14.5. The van der Waals surface area contributed by atoms with Crippen molar-refractivity contribution in [3.8, 4) is 0 Å². The van der Waals surface area contributed by atoms with Gasteiger partial charge in [-0.05, 0) is 58.8 Å². The maximum absolute atomic E-state index is 13.1. The molecule has 1 aliphatic rings. The lowest BCUT2D eigenvalue weighted by Crippen LogP contribution is -2.43. The van der Waals surface area contributed by atoms with Crippen LogP contribution >= 0.6 is 39.9 Å². The monoisotopic (exact) mass is 469 g/mol. The predicted molar refractivity (Wildman–Crippen MR) is 99.7 cm³/mol. The zero-order valence-corrected chi connectivity index (χ0v) is 16.1. The van der Waals surface area contributed by atoms with Gasteiger partial charge < -0.3 is 10.6 Å². The van der Waals surface area contributed by atoms with Crippen LogP contribution in [0.25, 0.3) is 0 Å².